The number of hydrogen-bond acceptors (Lipinski definition) is 2. The number of carboxylic acids is 1. The first-order valence-corrected chi connectivity index (χ1v) is 4.41. The first-order chi connectivity index (χ1) is 6.99. The third-order valence-electron chi connectivity index (χ3n) is 2.18. The van der Waals surface area contributed by atoms with E-state index in [1.54, 1.807) is 14.0 Å². The number of nitrogens with zero attached hydrogens (tertiary/aromatic N) is 1. The van der Waals surface area contributed by atoms with E-state index in [4.69, 9.17) is 5.11 Å². The molecule has 0 spiro atoms. The van der Waals surface area contributed by atoms with E-state index in [1.165, 1.54) is 11.0 Å². The van der Waals surface area contributed by atoms with Gasteiger partial charge in [0.25, 0.3) is 0 Å². The van der Waals surface area contributed by atoms with E-state index >= 15 is 0 Å². The summed E-state index contributed by atoms with van der Waals surface area (Å²) in [5.41, 5.74) is -0.597. The molecule has 0 fully saturated rings. The van der Waals surface area contributed by atoms with Crippen molar-refractivity contribution in [2.24, 2.45) is 0 Å². The third-order valence-corrected chi connectivity index (χ3v) is 2.18. The largest absolute Gasteiger partial charge is 0.478 e. The van der Waals surface area contributed by atoms with Crippen LogP contribution in [0.5, 0.6) is 0 Å². The monoisotopic (exact) mass is 215 g/mol. The lowest BCUT2D eigenvalue weighted by molar-refractivity contribution is 0.0690. The summed E-state index contributed by atoms with van der Waals surface area (Å²) < 4.78 is 26.6. The molecule has 0 bridgehead atoms. The molecule has 0 aliphatic rings. The van der Waals surface area contributed by atoms with E-state index in [-0.39, 0.29) is 5.69 Å². The highest BCUT2D eigenvalue weighted by molar-refractivity contribution is 5.88. The lowest BCUT2D eigenvalue weighted by Gasteiger charge is -2.17. The van der Waals surface area contributed by atoms with Crippen molar-refractivity contribution in [3.63, 3.8) is 0 Å². The van der Waals surface area contributed by atoms with Gasteiger partial charge < -0.3 is 10.0 Å². The minimum Gasteiger partial charge on any atom is -0.478 e. The quantitative estimate of drug-likeness (QED) is 0.839. The fraction of sp³-hybridized carbons (Fsp3) is 0.300. The second kappa shape index (κ2) is 4.25. The second-order valence-electron chi connectivity index (χ2n) is 3.08. The maximum Gasteiger partial charge on any atom is 0.338 e. The Morgan fingerprint density at radius 1 is 1.40 bits per heavy atom. The van der Waals surface area contributed by atoms with Crippen LogP contribution in [0.4, 0.5) is 14.5 Å². The van der Waals surface area contributed by atoms with E-state index in [0.717, 1.165) is 6.07 Å². The molecule has 1 aromatic carbocycles. The van der Waals surface area contributed by atoms with Gasteiger partial charge in [-0.15, -0.1) is 0 Å². The Bertz CT molecular complexity index is 393. The van der Waals surface area contributed by atoms with Crippen LogP contribution < -0.4 is 4.90 Å². The van der Waals surface area contributed by atoms with Crippen molar-refractivity contribution < 1.29 is 18.7 Å². The summed E-state index contributed by atoms with van der Waals surface area (Å²) >= 11 is 0. The SMILES string of the molecule is CCN(C)c1ccc(C(=O)O)c(F)c1F. The zero-order valence-corrected chi connectivity index (χ0v) is 8.42. The van der Waals surface area contributed by atoms with Crippen molar-refractivity contribution in [1.82, 2.24) is 0 Å². The van der Waals surface area contributed by atoms with Crippen LogP contribution in [-0.4, -0.2) is 24.7 Å². The van der Waals surface area contributed by atoms with Crippen molar-refractivity contribution in [3.05, 3.63) is 29.3 Å². The van der Waals surface area contributed by atoms with E-state index in [9.17, 15) is 13.6 Å². The van der Waals surface area contributed by atoms with E-state index < -0.39 is 23.2 Å². The topological polar surface area (TPSA) is 40.5 Å². The van der Waals surface area contributed by atoms with E-state index in [2.05, 4.69) is 0 Å². The van der Waals surface area contributed by atoms with Crippen LogP contribution in [0.1, 0.15) is 17.3 Å². The molecule has 5 heteroatoms. The standard InChI is InChI=1S/C10H11F2NO2/c1-3-13(2)7-5-4-6(10(14)15)8(11)9(7)12/h4-5H,3H2,1-2H3,(H,14,15). The number of rotatable bonds is 3. The zero-order chi connectivity index (χ0) is 11.6. The summed E-state index contributed by atoms with van der Waals surface area (Å²) in [5.74, 6) is -3.92. The van der Waals surface area contributed by atoms with Gasteiger partial charge in [-0.05, 0) is 19.1 Å². The van der Waals surface area contributed by atoms with Crippen LogP contribution in [0.2, 0.25) is 0 Å². The van der Waals surface area contributed by atoms with Gasteiger partial charge in [0.05, 0.1) is 11.3 Å². The maximum atomic E-state index is 13.4. The van der Waals surface area contributed by atoms with E-state index in [1.807, 2.05) is 0 Å². The van der Waals surface area contributed by atoms with Crippen molar-refractivity contribution in [1.29, 1.82) is 0 Å². The predicted octanol–water partition coefficient (Wildman–Crippen LogP) is 2.12. The summed E-state index contributed by atoms with van der Waals surface area (Å²) in [7, 11) is 1.60. The Kier molecular flexibility index (Phi) is 3.24. The number of halogens is 2. The fourth-order valence-corrected chi connectivity index (χ4v) is 1.17. The van der Waals surface area contributed by atoms with Crippen LogP contribution in [-0.2, 0) is 0 Å². The van der Waals surface area contributed by atoms with Gasteiger partial charge in [-0.25, -0.2) is 13.6 Å². The smallest absolute Gasteiger partial charge is 0.338 e. The third kappa shape index (κ3) is 2.06. The molecule has 1 N–H and O–H groups in total. The number of aromatic carboxylic acids is 1. The molecule has 1 aromatic rings. The molecule has 3 nitrogen and oxygen atoms in total. The zero-order valence-electron chi connectivity index (χ0n) is 8.42. The minimum atomic E-state index is -1.47. The van der Waals surface area contributed by atoms with Gasteiger partial charge in [-0.3, -0.25) is 0 Å². The van der Waals surface area contributed by atoms with Gasteiger partial charge in [0, 0.05) is 13.6 Å². The highest BCUT2D eigenvalue weighted by atomic mass is 19.2. The van der Waals surface area contributed by atoms with Crippen molar-refractivity contribution >= 4 is 11.7 Å². The molecule has 0 aliphatic heterocycles. The summed E-state index contributed by atoms with van der Waals surface area (Å²) in [4.78, 5) is 12.0. The normalized spacial score (nSPS) is 10.1. The minimum absolute atomic E-state index is 0.0556. The Morgan fingerprint density at radius 3 is 2.47 bits per heavy atom. The van der Waals surface area contributed by atoms with Crippen molar-refractivity contribution in [3.8, 4) is 0 Å². The fourth-order valence-electron chi connectivity index (χ4n) is 1.17. The second-order valence-corrected chi connectivity index (χ2v) is 3.08. The molecule has 0 unspecified atom stereocenters. The van der Waals surface area contributed by atoms with Crippen LogP contribution in [0.25, 0.3) is 0 Å². The highest BCUT2D eigenvalue weighted by Crippen LogP contribution is 2.23. The molecule has 0 aromatic heterocycles. The Labute approximate surface area is 85.9 Å². The molecule has 1 rings (SSSR count). The average molecular weight is 215 g/mol. The predicted molar refractivity (Wildman–Crippen MR) is 52.3 cm³/mol. The first-order valence-electron chi connectivity index (χ1n) is 4.41. The Balaban J connectivity index is 3.27. The number of hydrogen-bond donors (Lipinski definition) is 1. The molecule has 0 saturated heterocycles. The number of carbonyl (C=O) groups is 1. The van der Waals surface area contributed by atoms with Crippen LogP contribution >= 0.6 is 0 Å². The van der Waals surface area contributed by atoms with Crippen LogP contribution in [0, 0.1) is 11.6 Å². The van der Waals surface area contributed by atoms with Crippen molar-refractivity contribution in [2.75, 3.05) is 18.5 Å². The van der Waals surface area contributed by atoms with Gasteiger partial charge in [0.2, 0.25) is 0 Å². The molecule has 0 amide bonds. The maximum absolute atomic E-state index is 13.4. The number of benzene rings is 1. The summed E-state index contributed by atoms with van der Waals surface area (Å²) in [6, 6.07) is 2.31. The highest BCUT2D eigenvalue weighted by Gasteiger charge is 2.19. The molecular formula is C10H11F2NO2. The summed E-state index contributed by atoms with van der Waals surface area (Å²) in [6.07, 6.45) is 0. The molecule has 0 saturated carbocycles. The van der Waals surface area contributed by atoms with Crippen molar-refractivity contribution in [2.45, 2.75) is 6.92 Å². The lowest BCUT2D eigenvalue weighted by atomic mass is 10.1. The van der Waals surface area contributed by atoms with E-state index in [0.29, 0.717) is 6.54 Å². The number of anilines is 1. The van der Waals surface area contributed by atoms with Gasteiger partial charge in [0.1, 0.15) is 0 Å². The van der Waals surface area contributed by atoms with Gasteiger partial charge in [-0.2, -0.15) is 0 Å². The summed E-state index contributed by atoms with van der Waals surface area (Å²) in [5, 5.41) is 8.56. The molecule has 82 valence electrons. The average Bonchev–Trinajstić information content (AvgIpc) is 2.20. The van der Waals surface area contributed by atoms with Gasteiger partial charge in [0.15, 0.2) is 11.6 Å². The molecule has 0 atom stereocenters. The number of carboxylic acid groups (broad SMARTS) is 1. The molecule has 15 heavy (non-hydrogen) atoms. The summed E-state index contributed by atoms with van der Waals surface area (Å²) in [6.45, 7) is 2.28. The van der Waals surface area contributed by atoms with Gasteiger partial charge in [-0.1, -0.05) is 0 Å². The Hall–Kier alpha value is -1.65. The lowest BCUT2D eigenvalue weighted by Crippen LogP contribution is -2.18. The molecule has 0 aliphatic carbocycles. The van der Waals surface area contributed by atoms with Crippen LogP contribution in [0.15, 0.2) is 12.1 Å². The van der Waals surface area contributed by atoms with Crippen LogP contribution in [0.3, 0.4) is 0 Å². The molecule has 0 heterocycles. The van der Waals surface area contributed by atoms with Gasteiger partial charge >= 0.3 is 5.97 Å². The molecular weight excluding hydrogens is 204 g/mol. The molecule has 0 radical (unpaired) electrons. The Morgan fingerprint density at radius 2 is 2.00 bits per heavy atom. The first kappa shape index (κ1) is 11.4.